The van der Waals surface area contributed by atoms with E-state index in [1.165, 1.54) is 0 Å². The summed E-state index contributed by atoms with van der Waals surface area (Å²) in [5.74, 6) is 0.434. The number of alkyl carbamates (subject to hydrolysis) is 1. The van der Waals surface area contributed by atoms with E-state index in [9.17, 15) is 14.4 Å². The van der Waals surface area contributed by atoms with Gasteiger partial charge in [-0.3, -0.25) is 9.59 Å². The molecule has 8 nitrogen and oxygen atoms in total. The van der Waals surface area contributed by atoms with E-state index in [0.29, 0.717) is 30.9 Å². The van der Waals surface area contributed by atoms with E-state index in [4.69, 9.17) is 15.2 Å². The van der Waals surface area contributed by atoms with Gasteiger partial charge in [-0.15, -0.1) is 0 Å². The van der Waals surface area contributed by atoms with Crippen molar-refractivity contribution in [2.24, 2.45) is 5.73 Å². The van der Waals surface area contributed by atoms with Gasteiger partial charge in [-0.25, -0.2) is 4.79 Å². The lowest BCUT2D eigenvalue weighted by atomic mass is 10.0. The van der Waals surface area contributed by atoms with Crippen molar-refractivity contribution in [2.75, 3.05) is 18.6 Å². The molecule has 0 aliphatic heterocycles. The lowest BCUT2D eigenvalue weighted by Gasteiger charge is -2.33. The van der Waals surface area contributed by atoms with Crippen molar-refractivity contribution in [1.82, 2.24) is 10.2 Å². The molecular formula is C32H47N3O5S. The first-order chi connectivity index (χ1) is 19.2. The molecule has 0 aromatic heterocycles. The maximum Gasteiger partial charge on any atom is 0.408 e. The smallest absolute Gasteiger partial charge is 0.408 e. The predicted octanol–water partition coefficient (Wildman–Crippen LogP) is 5.37. The van der Waals surface area contributed by atoms with Crippen LogP contribution in [0.5, 0.6) is 5.75 Å². The van der Waals surface area contributed by atoms with E-state index in [1.807, 2.05) is 81.6 Å². The number of primary amides is 1. The van der Waals surface area contributed by atoms with Crippen LogP contribution < -0.4 is 15.8 Å². The summed E-state index contributed by atoms with van der Waals surface area (Å²) >= 11 is 1.58. The number of hydrogen-bond donors (Lipinski definition) is 2. The average molecular weight is 586 g/mol. The summed E-state index contributed by atoms with van der Waals surface area (Å²) in [6.07, 6.45) is 3.24. The maximum atomic E-state index is 14.2. The third-order valence-electron chi connectivity index (χ3n) is 6.07. The van der Waals surface area contributed by atoms with Crippen molar-refractivity contribution in [3.05, 3.63) is 65.7 Å². The van der Waals surface area contributed by atoms with E-state index in [0.717, 1.165) is 17.5 Å². The first-order valence-electron chi connectivity index (χ1n) is 14.1. The van der Waals surface area contributed by atoms with E-state index in [-0.39, 0.29) is 17.9 Å². The average Bonchev–Trinajstić information content (AvgIpc) is 2.86. The standard InChI is InChI=1S/C32H47N3O5S/c1-31(2,3)39-25-17-15-24(16-18-25)22-26(34-30(38)40-32(4,5)6)29(37)35(27(28(33)36)19-21-41-7)20-11-14-23-12-9-8-10-13-23/h8-10,12-13,15-18,26-27H,11,14,19-22H2,1-7H3,(H2,33,36)(H,34,38)/t26-,27+/m0/s1. The molecule has 2 rings (SSSR count). The molecule has 0 fully saturated rings. The zero-order valence-electron chi connectivity index (χ0n) is 25.6. The van der Waals surface area contributed by atoms with Crippen LogP contribution in [0, 0.1) is 0 Å². The third kappa shape index (κ3) is 12.9. The second-order valence-electron chi connectivity index (χ2n) is 12.1. The third-order valence-corrected chi connectivity index (χ3v) is 6.71. The molecular weight excluding hydrogens is 538 g/mol. The van der Waals surface area contributed by atoms with Crippen molar-refractivity contribution >= 4 is 29.7 Å². The molecule has 0 aliphatic carbocycles. The van der Waals surface area contributed by atoms with Gasteiger partial charge in [0.15, 0.2) is 0 Å². The Labute approximate surface area is 249 Å². The Bertz CT molecular complexity index is 1110. The summed E-state index contributed by atoms with van der Waals surface area (Å²) in [7, 11) is 0. The number of carbonyl (C=O) groups is 3. The Morgan fingerprint density at radius 2 is 1.56 bits per heavy atom. The summed E-state index contributed by atoms with van der Waals surface area (Å²) < 4.78 is 11.4. The molecule has 0 saturated carbocycles. The summed E-state index contributed by atoms with van der Waals surface area (Å²) in [4.78, 5) is 41.2. The number of amides is 3. The van der Waals surface area contributed by atoms with Crippen LogP contribution in [-0.4, -0.2) is 64.6 Å². The molecule has 0 saturated heterocycles. The number of nitrogens with one attached hydrogen (secondary N) is 1. The van der Waals surface area contributed by atoms with E-state index >= 15 is 0 Å². The van der Waals surface area contributed by atoms with Gasteiger partial charge in [0.05, 0.1) is 0 Å². The molecule has 0 bridgehead atoms. The molecule has 0 spiro atoms. The van der Waals surface area contributed by atoms with Gasteiger partial charge in [0.25, 0.3) is 0 Å². The highest BCUT2D eigenvalue weighted by atomic mass is 32.2. The molecule has 0 unspecified atom stereocenters. The fourth-order valence-corrected chi connectivity index (χ4v) is 4.79. The van der Waals surface area contributed by atoms with E-state index < -0.39 is 29.7 Å². The molecule has 0 heterocycles. The number of carbonyl (C=O) groups excluding carboxylic acids is 3. The van der Waals surface area contributed by atoms with Gasteiger partial charge in [-0.1, -0.05) is 42.5 Å². The minimum atomic E-state index is -0.966. The first kappa shape index (κ1) is 34.0. The number of ether oxygens (including phenoxy) is 2. The first-order valence-corrected chi connectivity index (χ1v) is 15.5. The largest absolute Gasteiger partial charge is 0.488 e. The summed E-state index contributed by atoms with van der Waals surface area (Å²) in [5, 5.41) is 2.77. The highest BCUT2D eigenvalue weighted by Crippen LogP contribution is 2.21. The van der Waals surface area contributed by atoms with Crippen LogP contribution in [0.25, 0.3) is 0 Å². The number of hydrogen-bond acceptors (Lipinski definition) is 6. The summed E-state index contributed by atoms with van der Waals surface area (Å²) in [5.41, 5.74) is 6.71. The van der Waals surface area contributed by atoms with Crippen LogP contribution in [0.2, 0.25) is 0 Å². The molecule has 0 aliphatic rings. The number of thioether (sulfide) groups is 1. The van der Waals surface area contributed by atoms with Crippen LogP contribution >= 0.6 is 11.8 Å². The second-order valence-corrected chi connectivity index (χ2v) is 13.1. The number of rotatable bonds is 14. The molecule has 3 N–H and O–H groups in total. The lowest BCUT2D eigenvalue weighted by Crippen LogP contribution is -2.56. The van der Waals surface area contributed by atoms with Crippen LogP contribution in [-0.2, 0) is 27.2 Å². The highest BCUT2D eigenvalue weighted by molar-refractivity contribution is 7.98. The topological polar surface area (TPSA) is 111 Å². The van der Waals surface area contributed by atoms with Gasteiger partial charge in [-0.2, -0.15) is 11.8 Å². The number of nitrogens with zero attached hydrogens (tertiary/aromatic N) is 1. The molecule has 41 heavy (non-hydrogen) atoms. The van der Waals surface area contributed by atoms with E-state index in [1.54, 1.807) is 37.4 Å². The molecule has 3 amide bonds. The van der Waals surface area contributed by atoms with Gasteiger partial charge >= 0.3 is 6.09 Å². The van der Waals surface area contributed by atoms with Crippen molar-refractivity contribution in [1.29, 1.82) is 0 Å². The van der Waals surface area contributed by atoms with Gasteiger partial charge in [0, 0.05) is 13.0 Å². The molecule has 2 atom stereocenters. The summed E-state index contributed by atoms with van der Waals surface area (Å²) in [6.45, 7) is 11.5. The molecule has 2 aromatic rings. The van der Waals surface area contributed by atoms with Gasteiger partial charge in [0.1, 0.15) is 29.0 Å². The van der Waals surface area contributed by atoms with Gasteiger partial charge < -0.3 is 25.4 Å². The lowest BCUT2D eigenvalue weighted by molar-refractivity contribution is -0.141. The van der Waals surface area contributed by atoms with Gasteiger partial charge in [0.2, 0.25) is 11.8 Å². The Balaban J connectivity index is 2.36. The Kier molecular flexibility index (Phi) is 13.0. The number of benzene rings is 2. The molecule has 226 valence electrons. The zero-order chi connectivity index (χ0) is 30.6. The normalized spacial score (nSPS) is 13.1. The van der Waals surface area contributed by atoms with Crippen LogP contribution in [0.1, 0.15) is 65.5 Å². The predicted molar refractivity (Wildman–Crippen MR) is 166 cm³/mol. The highest BCUT2D eigenvalue weighted by Gasteiger charge is 2.34. The monoisotopic (exact) mass is 585 g/mol. The van der Waals surface area contributed by atoms with Crippen molar-refractivity contribution in [2.45, 2.75) is 90.5 Å². The molecule has 2 aromatic carbocycles. The maximum absolute atomic E-state index is 14.2. The Hall–Kier alpha value is -3.20. The Morgan fingerprint density at radius 1 is 0.927 bits per heavy atom. The summed E-state index contributed by atoms with van der Waals surface area (Å²) in [6, 6.07) is 15.6. The van der Waals surface area contributed by atoms with Crippen LogP contribution in [0.4, 0.5) is 4.79 Å². The Morgan fingerprint density at radius 3 is 2.10 bits per heavy atom. The van der Waals surface area contributed by atoms with E-state index in [2.05, 4.69) is 5.32 Å². The number of nitrogens with two attached hydrogens (primary N) is 1. The minimum absolute atomic E-state index is 0.205. The van der Waals surface area contributed by atoms with Crippen molar-refractivity contribution in [3.8, 4) is 5.75 Å². The zero-order valence-corrected chi connectivity index (χ0v) is 26.4. The fraction of sp³-hybridized carbons (Fsp3) is 0.531. The second kappa shape index (κ2) is 15.7. The van der Waals surface area contributed by atoms with Crippen molar-refractivity contribution < 1.29 is 23.9 Å². The number of aryl methyl sites for hydroxylation is 1. The molecule has 9 heteroatoms. The quantitative estimate of drug-likeness (QED) is 0.309. The molecule has 0 radical (unpaired) electrons. The van der Waals surface area contributed by atoms with Crippen LogP contribution in [0.15, 0.2) is 54.6 Å². The minimum Gasteiger partial charge on any atom is -0.488 e. The van der Waals surface area contributed by atoms with Gasteiger partial charge in [-0.05, 0) is 96.1 Å². The SMILES string of the molecule is CSCC[C@H](C(N)=O)N(CCCc1ccccc1)C(=O)[C@H](Cc1ccc(OC(C)(C)C)cc1)NC(=O)OC(C)(C)C. The fourth-order valence-electron chi connectivity index (χ4n) is 4.33. The van der Waals surface area contributed by atoms with Crippen LogP contribution in [0.3, 0.4) is 0 Å². The van der Waals surface area contributed by atoms with Crippen molar-refractivity contribution in [3.63, 3.8) is 0 Å².